The summed E-state index contributed by atoms with van der Waals surface area (Å²) in [5.74, 6) is -2.36. The fourth-order valence-electron chi connectivity index (χ4n) is 0.465. The number of aromatic nitrogens is 1. The summed E-state index contributed by atoms with van der Waals surface area (Å²) in [7, 11) is 0. The maximum absolute atomic E-state index is 11.7. The van der Waals surface area contributed by atoms with E-state index in [-0.39, 0.29) is 0 Å². The van der Waals surface area contributed by atoms with Gasteiger partial charge in [-0.15, -0.1) is 11.3 Å². The molecule has 1 rings (SSSR count). The van der Waals surface area contributed by atoms with Gasteiger partial charge in [0.05, 0.1) is 0 Å². The Morgan fingerprint density at radius 1 is 1.70 bits per heavy atom. The molecular formula is C5H5F2NS2. The smallest absolute Gasteiger partial charge is 0.238 e. The van der Waals surface area contributed by atoms with Gasteiger partial charge in [-0.25, -0.2) is 4.98 Å². The topological polar surface area (TPSA) is 12.9 Å². The van der Waals surface area contributed by atoms with E-state index in [2.05, 4.69) is 4.98 Å². The molecule has 0 saturated carbocycles. The number of rotatable bonds is 2. The van der Waals surface area contributed by atoms with E-state index >= 15 is 0 Å². The number of aryl methyl sites for hydroxylation is 1. The van der Waals surface area contributed by atoms with Crippen molar-refractivity contribution in [2.45, 2.75) is 17.0 Å². The van der Waals surface area contributed by atoms with Crippen LogP contribution >= 0.6 is 23.1 Å². The second-order valence-corrected chi connectivity index (χ2v) is 4.09. The summed E-state index contributed by atoms with van der Waals surface area (Å²) in [5, 5.41) is 0. The van der Waals surface area contributed by atoms with Gasteiger partial charge in [-0.1, -0.05) is 0 Å². The van der Waals surface area contributed by atoms with Gasteiger partial charge in [-0.2, -0.15) is 8.78 Å². The largest absolute Gasteiger partial charge is 0.291 e. The van der Waals surface area contributed by atoms with Crippen molar-refractivity contribution in [1.29, 1.82) is 0 Å². The highest BCUT2D eigenvalue weighted by Crippen LogP contribution is 2.28. The van der Waals surface area contributed by atoms with E-state index in [1.54, 1.807) is 6.20 Å². The summed E-state index contributed by atoms with van der Waals surface area (Å²) in [6.07, 6.45) is 1.59. The van der Waals surface area contributed by atoms with Crippen LogP contribution in [0.2, 0.25) is 0 Å². The minimum absolute atomic E-state index is 0.438. The number of hydrogen-bond donors (Lipinski definition) is 0. The lowest BCUT2D eigenvalue weighted by Crippen LogP contribution is -1.78. The van der Waals surface area contributed by atoms with Crippen LogP contribution in [0.25, 0.3) is 0 Å². The van der Waals surface area contributed by atoms with Gasteiger partial charge in [0.2, 0.25) is 0 Å². The van der Waals surface area contributed by atoms with E-state index in [9.17, 15) is 8.78 Å². The van der Waals surface area contributed by atoms with Crippen molar-refractivity contribution in [1.82, 2.24) is 4.98 Å². The molecule has 0 radical (unpaired) electrons. The lowest BCUT2D eigenvalue weighted by molar-refractivity contribution is 0.252. The Balaban J connectivity index is 2.58. The molecule has 0 amide bonds. The van der Waals surface area contributed by atoms with E-state index in [0.717, 1.165) is 4.88 Å². The molecular weight excluding hydrogens is 176 g/mol. The first-order valence-corrected chi connectivity index (χ1v) is 4.25. The second kappa shape index (κ2) is 3.30. The Bertz CT molecular complexity index is 211. The van der Waals surface area contributed by atoms with Gasteiger partial charge >= 0.3 is 0 Å². The minimum atomic E-state index is -2.36. The molecule has 56 valence electrons. The van der Waals surface area contributed by atoms with E-state index in [1.807, 2.05) is 6.92 Å². The summed E-state index contributed by atoms with van der Waals surface area (Å²) in [5.41, 5.74) is 0. The summed E-state index contributed by atoms with van der Waals surface area (Å²) in [6, 6.07) is 0. The third-order valence-electron chi connectivity index (χ3n) is 0.790. The number of hydrogen-bond acceptors (Lipinski definition) is 3. The first-order chi connectivity index (χ1) is 4.68. The third-order valence-corrected chi connectivity index (χ3v) is 2.52. The Kier molecular flexibility index (Phi) is 2.62. The predicted molar refractivity (Wildman–Crippen MR) is 38.7 cm³/mol. The molecule has 0 saturated heterocycles. The number of nitrogens with zero attached hydrogens (tertiary/aromatic N) is 1. The molecule has 0 aliphatic carbocycles. The summed E-state index contributed by atoms with van der Waals surface area (Å²) < 4.78 is 23.8. The molecule has 1 heterocycles. The molecule has 5 heteroatoms. The molecule has 0 aliphatic heterocycles. The van der Waals surface area contributed by atoms with Crippen LogP contribution in [0, 0.1) is 6.92 Å². The van der Waals surface area contributed by atoms with Gasteiger partial charge in [0.1, 0.15) is 0 Å². The van der Waals surface area contributed by atoms with Crippen LogP contribution in [0.4, 0.5) is 8.78 Å². The summed E-state index contributed by atoms with van der Waals surface area (Å²) in [6.45, 7) is 1.84. The van der Waals surface area contributed by atoms with Gasteiger partial charge in [0, 0.05) is 11.1 Å². The zero-order valence-corrected chi connectivity index (χ0v) is 6.81. The van der Waals surface area contributed by atoms with Crippen molar-refractivity contribution in [3.05, 3.63) is 11.1 Å². The first kappa shape index (κ1) is 7.94. The van der Waals surface area contributed by atoms with Crippen molar-refractivity contribution in [3.63, 3.8) is 0 Å². The summed E-state index contributed by atoms with van der Waals surface area (Å²) >= 11 is 1.78. The Hall–Kier alpha value is -0.160. The van der Waals surface area contributed by atoms with Crippen LogP contribution in [-0.4, -0.2) is 10.7 Å². The van der Waals surface area contributed by atoms with Crippen molar-refractivity contribution >= 4 is 23.1 Å². The highest BCUT2D eigenvalue weighted by molar-refractivity contribution is 8.01. The average molecular weight is 181 g/mol. The predicted octanol–water partition coefficient (Wildman–Crippen LogP) is 2.77. The van der Waals surface area contributed by atoms with Crippen LogP contribution in [0.15, 0.2) is 10.5 Å². The number of alkyl halides is 2. The molecule has 0 fully saturated rings. The lowest BCUT2D eigenvalue weighted by atomic mass is 10.7. The molecule has 1 nitrogen and oxygen atoms in total. The van der Waals surface area contributed by atoms with Crippen molar-refractivity contribution in [2.75, 3.05) is 0 Å². The van der Waals surface area contributed by atoms with Crippen LogP contribution in [0.3, 0.4) is 0 Å². The Morgan fingerprint density at radius 2 is 2.40 bits per heavy atom. The van der Waals surface area contributed by atoms with E-state index in [0.29, 0.717) is 16.1 Å². The SMILES string of the molecule is Cc1cnc(SC(F)F)s1. The quantitative estimate of drug-likeness (QED) is 0.651. The lowest BCUT2D eigenvalue weighted by Gasteiger charge is -1.90. The average Bonchev–Trinajstić information content (AvgIpc) is 2.13. The van der Waals surface area contributed by atoms with Crippen LogP contribution < -0.4 is 0 Å². The van der Waals surface area contributed by atoms with Gasteiger partial charge in [-0.3, -0.25) is 0 Å². The molecule has 10 heavy (non-hydrogen) atoms. The molecule has 0 unspecified atom stereocenters. The van der Waals surface area contributed by atoms with Gasteiger partial charge < -0.3 is 0 Å². The van der Waals surface area contributed by atoms with Crippen molar-refractivity contribution in [2.24, 2.45) is 0 Å². The monoisotopic (exact) mass is 181 g/mol. The molecule has 0 N–H and O–H groups in total. The van der Waals surface area contributed by atoms with Gasteiger partial charge in [-0.05, 0) is 18.7 Å². The fraction of sp³-hybridized carbons (Fsp3) is 0.400. The molecule has 0 aliphatic rings. The Labute approximate surface area is 65.5 Å². The van der Waals surface area contributed by atoms with Gasteiger partial charge in [0.25, 0.3) is 5.76 Å². The summed E-state index contributed by atoms with van der Waals surface area (Å²) in [4.78, 5) is 4.72. The molecule has 0 spiro atoms. The zero-order valence-electron chi connectivity index (χ0n) is 5.17. The zero-order chi connectivity index (χ0) is 7.56. The maximum atomic E-state index is 11.7. The second-order valence-electron chi connectivity index (χ2n) is 1.62. The van der Waals surface area contributed by atoms with Crippen LogP contribution in [-0.2, 0) is 0 Å². The fourth-order valence-corrected chi connectivity index (χ4v) is 2.02. The number of thioether (sulfide) groups is 1. The van der Waals surface area contributed by atoms with E-state index in [4.69, 9.17) is 0 Å². The minimum Gasteiger partial charge on any atom is -0.238 e. The maximum Gasteiger partial charge on any atom is 0.291 e. The molecule has 1 aromatic heterocycles. The first-order valence-electron chi connectivity index (χ1n) is 2.55. The molecule has 1 aromatic rings. The standard InChI is InChI=1S/C5H5F2NS2/c1-3-2-8-5(9-3)10-4(6)7/h2,4H,1H3. The van der Waals surface area contributed by atoms with Crippen molar-refractivity contribution in [3.8, 4) is 0 Å². The Morgan fingerprint density at radius 3 is 2.80 bits per heavy atom. The number of halogens is 2. The van der Waals surface area contributed by atoms with E-state index in [1.165, 1.54) is 11.3 Å². The molecule has 0 bridgehead atoms. The molecule has 0 aromatic carbocycles. The normalized spacial score (nSPS) is 10.8. The van der Waals surface area contributed by atoms with Crippen LogP contribution in [0.1, 0.15) is 4.88 Å². The highest BCUT2D eigenvalue weighted by atomic mass is 32.2. The van der Waals surface area contributed by atoms with Crippen LogP contribution in [0.5, 0.6) is 0 Å². The van der Waals surface area contributed by atoms with E-state index < -0.39 is 5.76 Å². The highest BCUT2D eigenvalue weighted by Gasteiger charge is 2.07. The number of thiazole rings is 1. The molecule has 0 atom stereocenters. The third kappa shape index (κ3) is 2.22. The van der Waals surface area contributed by atoms with Gasteiger partial charge in [0.15, 0.2) is 4.34 Å². The van der Waals surface area contributed by atoms with Crippen molar-refractivity contribution < 1.29 is 8.78 Å².